The largest absolute Gasteiger partial charge is 0.496 e. The van der Waals surface area contributed by atoms with Crippen molar-refractivity contribution in [3.05, 3.63) is 51.2 Å². The summed E-state index contributed by atoms with van der Waals surface area (Å²) in [5, 5.41) is 5.74. The minimum atomic E-state index is 0.362. The van der Waals surface area contributed by atoms with Gasteiger partial charge in [-0.15, -0.1) is 11.3 Å². The van der Waals surface area contributed by atoms with Gasteiger partial charge in [-0.25, -0.2) is 0 Å². The number of hydrogen-bond acceptors (Lipinski definition) is 3. The molecule has 0 aliphatic heterocycles. The average molecular weight is 303 g/mol. The molecule has 1 N–H and O–H groups in total. The van der Waals surface area contributed by atoms with Crippen LogP contribution in [0.15, 0.2) is 29.6 Å². The van der Waals surface area contributed by atoms with Crippen molar-refractivity contribution in [2.45, 2.75) is 39.7 Å². The van der Waals surface area contributed by atoms with Gasteiger partial charge in [0.25, 0.3) is 0 Å². The highest BCUT2D eigenvalue weighted by Gasteiger charge is 2.14. The summed E-state index contributed by atoms with van der Waals surface area (Å²) in [7, 11) is 1.73. The molecule has 0 amide bonds. The third-order valence-electron chi connectivity index (χ3n) is 3.83. The zero-order chi connectivity index (χ0) is 15.2. The Labute approximate surface area is 132 Å². The topological polar surface area (TPSA) is 21.3 Å². The Morgan fingerprint density at radius 1 is 1.19 bits per heavy atom. The first kappa shape index (κ1) is 16.1. The summed E-state index contributed by atoms with van der Waals surface area (Å²) >= 11 is 1.77. The highest BCUT2D eigenvalue weighted by Crippen LogP contribution is 2.29. The fourth-order valence-corrected chi connectivity index (χ4v) is 3.31. The van der Waals surface area contributed by atoms with Crippen molar-refractivity contribution in [2.24, 2.45) is 0 Å². The molecule has 1 heterocycles. The Balaban J connectivity index is 2.17. The zero-order valence-corrected chi connectivity index (χ0v) is 14.2. The van der Waals surface area contributed by atoms with Gasteiger partial charge in [0, 0.05) is 16.3 Å². The Hall–Kier alpha value is -1.32. The maximum atomic E-state index is 5.32. The SMILES string of the molecule is CCCNC(Cc1ccc(C)c(C)c1)c1cc(OC)cs1. The molecule has 21 heavy (non-hydrogen) atoms. The summed E-state index contributed by atoms with van der Waals surface area (Å²) in [6.07, 6.45) is 2.16. The predicted molar refractivity (Wildman–Crippen MR) is 91.5 cm³/mol. The molecule has 0 aliphatic rings. The number of aryl methyl sites for hydroxylation is 2. The van der Waals surface area contributed by atoms with Crippen LogP contribution in [0.3, 0.4) is 0 Å². The van der Waals surface area contributed by atoms with Crippen molar-refractivity contribution in [2.75, 3.05) is 13.7 Å². The first-order valence-electron chi connectivity index (χ1n) is 7.56. The fraction of sp³-hybridized carbons (Fsp3) is 0.444. The lowest BCUT2D eigenvalue weighted by Crippen LogP contribution is -2.23. The summed E-state index contributed by atoms with van der Waals surface area (Å²) in [5.74, 6) is 0.957. The van der Waals surface area contributed by atoms with Crippen LogP contribution in [-0.2, 0) is 6.42 Å². The van der Waals surface area contributed by atoms with Crippen LogP contribution in [0.25, 0.3) is 0 Å². The molecule has 1 aromatic carbocycles. The monoisotopic (exact) mass is 303 g/mol. The third-order valence-corrected chi connectivity index (χ3v) is 4.85. The Morgan fingerprint density at radius 2 is 2.00 bits per heavy atom. The molecule has 0 radical (unpaired) electrons. The van der Waals surface area contributed by atoms with Crippen molar-refractivity contribution < 1.29 is 4.74 Å². The number of methoxy groups -OCH3 is 1. The van der Waals surface area contributed by atoms with Crippen molar-refractivity contribution >= 4 is 11.3 Å². The number of thiophene rings is 1. The van der Waals surface area contributed by atoms with E-state index in [0.717, 1.165) is 25.1 Å². The second kappa shape index (κ2) is 7.62. The van der Waals surface area contributed by atoms with Crippen molar-refractivity contribution in [1.82, 2.24) is 5.32 Å². The average Bonchev–Trinajstić information content (AvgIpc) is 2.96. The van der Waals surface area contributed by atoms with Crippen LogP contribution in [0.2, 0.25) is 0 Å². The summed E-state index contributed by atoms with van der Waals surface area (Å²) in [6.45, 7) is 7.59. The summed E-state index contributed by atoms with van der Waals surface area (Å²) in [4.78, 5) is 1.35. The molecular weight excluding hydrogens is 278 g/mol. The van der Waals surface area contributed by atoms with E-state index in [4.69, 9.17) is 4.74 Å². The maximum absolute atomic E-state index is 5.32. The molecule has 2 rings (SSSR count). The highest BCUT2D eigenvalue weighted by atomic mass is 32.1. The Bertz CT molecular complexity index is 576. The van der Waals surface area contributed by atoms with Gasteiger partial charge in [-0.2, -0.15) is 0 Å². The standard InChI is InChI=1S/C18H25NOS/c1-5-8-19-17(18-11-16(20-4)12-21-18)10-15-7-6-13(2)14(3)9-15/h6-7,9,11-12,17,19H,5,8,10H2,1-4H3. The fourth-order valence-electron chi connectivity index (χ4n) is 2.38. The predicted octanol–water partition coefficient (Wildman–Crippen LogP) is 4.66. The van der Waals surface area contributed by atoms with Crippen LogP contribution in [0.5, 0.6) is 5.75 Å². The Morgan fingerprint density at radius 3 is 2.62 bits per heavy atom. The molecule has 0 spiro atoms. The number of ether oxygens (including phenoxy) is 1. The molecule has 1 aromatic heterocycles. The van der Waals surface area contributed by atoms with Crippen molar-refractivity contribution in [1.29, 1.82) is 0 Å². The first-order chi connectivity index (χ1) is 10.1. The lowest BCUT2D eigenvalue weighted by molar-refractivity contribution is 0.415. The van der Waals surface area contributed by atoms with Crippen molar-refractivity contribution in [3.8, 4) is 5.75 Å². The van der Waals surface area contributed by atoms with Crippen LogP contribution in [0.1, 0.15) is 41.0 Å². The van der Waals surface area contributed by atoms with Gasteiger partial charge < -0.3 is 10.1 Å². The second-order valence-corrected chi connectivity index (χ2v) is 6.46. The van der Waals surface area contributed by atoms with Gasteiger partial charge in [-0.1, -0.05) is 25.1 Å². The molecule has 0 aliphatic carbocycles. The van der Waals surface area contributed by atoms with Gasteiger partial charge in [0.05, 0.1) is 7.11 Å². The molecule has 0 bridgehead atoms. The lowest BCUT2D eigenvalue weighted by atomic mass is 10.00. The van der Waals surface area contributed by atoms with Gasteiger partial charge >= 0.3 is 0 Å². The smallest absolute Gasteiger partial charge is 0.129 e. The quantitative estimate of drug-likeness (QED) is 0.803. The third kappa shape index (κ3) is 4.32. The van der Waals surface area contributed by atoms with Crippen LogP contribution < -0.4 is 10.1 Å². The molecule has 114 valence electrons. The van der Waals surface area contributed by atoms with Crippen LogP contribution >= 0.6 is 11.3 Å². The van der Waals surface area contributed by atoms with E-state index in [1.165, 1.54) is 21.6 Å². The van der Waals surface area contributed by atoms with E-state index >= 15 is 0 Å². The normalized spacial score (nSPS) is 12.4. The van der Waals surface area contributed by atoms with Gasteiger partial charge in [-0.05, 0) is 56.0 Å². The maximum Gasteiger partial charge on any atom is 0.129 e. The van der Waals surface area contributed by atoms with Gasteiger partial charge in [0.1, 0.15) is 5.75 Å². The van der Waals surface area contributed by atoms with Gasteiger partial charge in [0.15, 0.2) is 0 Å². The molecule has 1 atom stereocenters. The molecule has 2 nitrogen and oxygen atoms in total. The van der Waals surface area contributed by atoms with E-state index < -0.39 is 0 Å². The Kier molecular flexibility index (Phi) is 5.83. The minimum Gasteiger partial charge on any atom is -0.496 e. The van der Waals surface area contributed by atoms with Crippen molar-refractivity contribution in [3.63, 3.8) is 0 Å². The summed E-state index contributed by atoms with van der Waals surface area (Å²) in [5.41, 5.74) is 4.11. The highest BCUT2D eigenvalue weighted by molar-refractivity contribution is 7.10. The van der Waals surface area contributed by atoms with Gasteiger partial charge in [0.2, 0.25) is 0 Å². The van der Waals surface area contributed by atoms with E-state index in [1.54, 1.807) is 18.4 Å². The lowest BCUT2D eigenvalue weighted by Gasteiger charge is -2.18. The van der Waals surface area contributed by atoms with E-state index in [9.17, 15) is 0 Å². The van der Waals surface area contributed by atoms with E-state index in [-0.39, 0.29) is 0 Å². The number of rotatable bonds is 7. The first-order valence-corrected chi connectivity index (χ1v) is 8.44. The van der Waals surface area contributed by atoms with Crippen LogP contribution in [0, 0.1) is 13.8 Å². The molecular formula is C18H25NOS. The zero-order valence-electron chi connectivity index (χ0n) is 13.4. The van der Waals surface area contributed by atoms with E-state index in [0.29, 0.717) is 6.04 Å². The minimum absolute atomic E-state index is 0.362. The summed E-state index contributed by atoms with van der Waals surface area (Å²) in [6, 6.07) is 9.28. The number of nitrogens with one attached hydrogen (secondary N) is 1. The van der Waals surface area contributed by atoms with E-state index in [2.05, 4.69) is 55.7 Å². The molecule has 0 fully saturated rings. The molecule has 1 unspecified atom stereocenters. The van der Waals surface area contributed by atoms with Gasteiger partial charge in [-0.3, -0.25) is 0 Å². The number of benzene rings is 1. The molecule has 0 saturated heterocycles. The van der Waals surface area contributed by atoms with Crippen LogP contribution in [-0.4, -0.2) is 13.7 Å². The molecule has 0 saturated carbocycles. The molecule has 2 aromatic rings. The second-order valence-electron chi connectivity index (χ2n) is 5.52. The number of hydrogen-bond donors (Lipinski definition) is 1. The molecule has 3 heteroatoms. The van der Waals surface area contributed by atoms with Crippen LogP contribution in [0.4, 0.5) is 0 Å². The summed E-state index contributed by atoms with van der Waals surface area (Å²) < 4.78 is 5.32. The van der Waals surface area contributed by atoms with E-state index in [1.807, 2.05) is 0 Å².